The molecule has 6 heteroatoms. The van der Waals surface area contributed by atoms with Crippen LogP contribution in [0.1, 0.15) is 29.3 Å². The van der Waals surface area contributed by atoms with E-state index in [1.807, 2.05) is 24.3 Å². The first-order valence-corrected chi connectivity index (χ1v) is 10.7. The van der Waals surface area contributed by atoms with Gasteiger partial charge in [-0.1, -0.05) is 30.3 Å². The van der Waals surface area contributed by atoms with E-state index in [9.17, 15) is 9.59 Å². The van der Waals surface area contributed by atoms with E-state index in [2.05, 4.69) is 41.5 Å². The SMILES string of the molecule is CCN(CCC(=O)Nc1ccc(C(=O)Nc2ccccc2OC)cc1)c1ccccc1C. The molecule has 0 aromatic heterocycles. The van der Waals surface area contributed by atoms with Crippen LogP contribution in [0.15, 0.2) is 72.8 Å². The molecule has 0 radical (unpaired) electrons. The van der Waals surface area contributed by atoms with Gasteiger partial charge < -0.3 is 20.3 Å². The van der Waals surface area contributed by atoms with Crippen LogP contribution in [-0.4, -0.2) is 32.0 Å². The number of hydrogen-bond donors (Lipinski definition) is 2. The topological polar surface area (TPSA) is 70.7 Å². The van der Waals surface area contributed by atoms with Crippen LogP contribution in [0.5, 0.6) is 5.75 Å². The molecule has 0 aliphatic carbocycles. The van der Waals surface area contributed by atoms with Crippen molar-refractivity contribution in [1.82, 2.24) is 0 Å². The monoisotopic (exact) mass is 431 g/mol. The number of amides is 2. The van der Waals surface area contributed by atoms with Crippen molar-refractivity contribution >= 4 is 28.9 Å². The molecule has 0 atom stereocenters. The second-order valence-corrected chi connectivity index (χ2v) is 7.40. The smallest absolute Gasteiger partial charge is 0.255 e. The molecule has 0 unspecified atom stereocenters. The fourth-order valence-corrected chi connectivity index (χ4v) is 3.47. The molecular formula is C26H29N3O3. The fourth-order valence-electron chi connectivity index (χ4n) is 3.47. The minimum Gasteiger partial charge on any atom is -0.495 e. The van der Waals surface area contributed by atoms with Gasteiger partial charge in [-0.3, -0.25) is 9.59 Å². The van der Waals surface area contributed by atoms with Gasteiger partial charge in [0.05, 0.1) is 12.8 Å². The highest BCUT2D eigenvalue weighted by molar-refractivity contribution is 6.05. The lowest BCUT2D eigenvalue weighted by atomic mass is 10.1. The van der Waals surface area contributed by atoms with Crippen molar-refractivity contribution in [2.45, 2.75) is 20.3 Å². The normalized spacial score (nSPS) is 10.3. The summed E-state index contributed by atoms with van der Waals surface area (Å²) in [6.07, 6.45) is 0.373. The van der Waals surface area contributed by atoms with E-state index in [4.69, 9.17) is 4.74 Å². The number of nitrogens with zero attached hydrogens (tertiary/aromatic N) is 1. The predicted octanol–water partition coefficient (Wildman–Crippen LogP) is 5.11. The maximum absolute atomic E-state index is 12.5. The lowest BCUT2D eigenvalue weighted by Crippen LogP contribution is -2.28. The minimum absolute atomic E-state index is 0.0664. The summed E-state index contributed by atoms with van der Waals surface area (Å²) < 4.78 is 5.26. The Labute approximate surface area is 189 Å². The second-order valence-electron chi connectivity index (χ2n) is 7.40. The van der Waals surface area contributed by atoms with Crippen molar-refractivity contribution in [2.75, 3.05) is 35.7 Å². The highest BCUT2D eigenvalue weighted by Crippen LogP contribution is 2.24. The van der Waals surface area contributed by atoms with Crippen LogP contribution in [0.4, 0.5) is 17.1 Å². The summed E-state index contributed by atoms with van der Waals surface area (Å²) in [5.41, 5.74) is 4.09. The van der Waals surface area contributed by atoms with E-state index in [1.165, 1.54) is 5.56 Å². The Kier molecular flexibility index (Phi) is 7.86. The number of aryl methyl sites for hydroxylation is 1. The van der Waals surface area contributed by atoms with E-state index in [1.54, 1.807) is 43.5 Å². The number of benzene rings is 3. The molecule has 0 aliphatic rings. The van der Waals surface area contributed by atoms with E-state index in [-0.39, 0.29) is 11.8 Å². The van der Waals surface area contributed by atoms with E-state index >= 15 is 0 Å². The molecule has 3 rings (SSSR count). The quantitative estimate of drug-likeness (QED) is 0.494. The lowest BCUT2D eigenvalue weighted by molar-refractivity contribution is -0.116. The molecule has 3 aromatic carbocycles. The largest absolute Gasteiger partial charge is 0.495 e. The van der Waals surface area contributed by atoms with Gasteiger partial charge in [0, 0.05) is 36.4 Å². The number of para-hydroxylation sites is 3. The second kappa shape index (κ2) is 11.0. The first-order chi connectivity index (χ1) is 15.5. The van der Waals surface area contributed by atoms with Crippen molar-refractivity contribution < 1.29 is 14.3 Å². The average Bonchev–Trinajstić information content (AvgIpc) is 2.81. The number of nitrogens with one attached hydrogen (secondary N) is 2. The summed E-state index contributed by atoms with van der Waals surface area (Å²) in [7, 11) is 1.56. The summed E-state index contributed by atoms with van der Waals surface area (Å²) in [6, 6.07) is 22.2. The molecule has 6 nitrogen and oxygen atoms in total. The van der Waals surface area contributed by atoms with Crippen LogP contribution >= 0.6 is 0 Å². The molecule has 0 aliphatic heterocycles. The number of hydrogen-bond acceptors (Lipinski definition) is 4. The summed E-state index contributed by atoms with van der Waals surface area (Å²) >= 11 is 0. The van der Waals surface area contributed by atoms with Crippen LogP contribution in [0.25, 0.3) is 0 Å². The summed E-state index contributed by atoms with van der Waals surface area (Å²) in [5.74, 6) is 0.281. The predicted molar refractivity (Wildman–Crippen MR) is 130 cm³/mol. The first kappa shape index (κ1) is 22.9. The first-order valence-electron chi connectivity index (χ1n) is 10.7. The number of anilines is 3. The van der Waals surface area contributed by atoms with Crippen molar-refractivity contribution in [3.05, 3.63) is 83.9 Å². The van der Waals surface area contributed by atoms with Crippen molar-refractivity contribution in [3.63, 3.8) is 0 Å². The molecule has 32 heavy (non-hydrogen) atoms. The van der Waals surface area contributed by atoms with Gasteiger partial charge in [0.1, 0.15) is 5.75 Å². The van der Waals surface area contributed by atoms with E-state index in [0.29, 0.717) is 35.7 Å². The molecule has 3 aromatic rings. The van der Waals surface area contributed by atoms with Crippen LogP contribution in [0, 0.1) is 6.92 Å². The molecule has 0 saturated carbocycles. The van der Waals surface area contributed by atoms with E-state index < -0.39 is 0 Å². The van der Waals surface area contributed by atoms with Gasteiger partial charge in [-0.15, -0.1) is 0 Å². The summed E-state index contributed by atoms with van der Waals surface area (Å²) in [4.78, 5) is 27.2. The zero-order chi connectivity index (χ0) is 22.9. The number of carbonyl (C=O) groups is 2. The Morgan fingerprint density at radius 2 is 1.59 bits per heavy atom. The third-order valence-electron chi connectivity index (χ3n) is 5.23. The molecular weight excluding hydrogens is 402 g/mol. The molecule has 0 spiro atoms. The maximum Gasteiger partial charge on any atom is 0.255 e. The third kappa shape index (κ3) is 5.88. The molecule has 0 bridgehead atoms. The zero-order valence-corrected chi connectivity index (χ0v) is 18.7. The Morgan fingerprint density at radius 1 is 0.906 bits per heavy atom. The molecule has 0 saturated heterocycles. The summed E-state index contributed by atoms with van der Waals surface area (Å²) in [5, 5.41) is 5.74. The van der Waals surface area contributed by atoms with Gasteiger partial charge in [-0.05, 0) is 61.9 Å². The summed E-state index contributed by atoms with van der Waals surface area (Å²) in [6.45, 7) is 5.61. The Hall–Kier alpha value is -3.80. The average molecular weight is 432 g/mol. The maximum atomic E-state index is 12.5. The lowest BCUT2D eigenvalue weighted by Gasteiger charge is -2.24. The fraction of sp³-hybridized carbons (Fsp3) is 0.231. The van der Waals surface area contributed by atoms with Crippen molar-refractivity contribution in [1.29, 1.82) is 0 Å². The van der Waals surface area contributed by atoms with Gasteiger partial charge >= 0.3 is 0 Å². The van der Waals surface area contributed by atoms with Crippen LogP contribution in [0.3, 0.4) is 0 Å². The van der Waals surface area contributed by atoms with Gasteiger partial charge in [-0.2, -0.15) is 0 Å². The van der Waals surface area contributed by atoms with Gasteiger partial charge in [0.2, 0.25) is 5.91 Å². The van der Waals surface area contributed by atoms with Crippen LogP contribution < -0.4 is 20.3 Å². The molecule has 2 amide bonds. The van der Waals surface area contributed by atoms with Crippen molar-refractivity contribution in [2.24, 2.45) is 0 Å². The van der Waals surface area contributed by atoms with Crippen LogP contribution in [0.2, 0.25) is 0 Å². The number of rotatable bonds is 9. The Balaban J connectivity index is 1.55. The Morgan fingerprint density at radius 3 is 2.28 bits per heavy atom. The van der Waals surface area contributed by atoms with Crippen molar-refractivity contribution in [3.8, 4) is 5.75 Å². The molecule has 0 fully saturated rings. The molecule has 2 N–H and O–H groups in total. The third-order valence-corrected chi connectivity index (χ3v) is 5.23. The Bertz CT molecular complexity index is 1060. The van der Waals surface area contributed by atoms with Gasteiger partial charge in [0.15, 0.2) is 0 Å². The van der Waals surface area contributed by atoms with E-state index in [0.717, 1.165) is 12.2 Å². The van der Waals surface area contributed by atoms with Gasteiger partial charge in [0.25, 0.3) is 5.91 Å². The molecule has 166 valence electrons. The molecule has 0 heterocycles. The van der Waals surface area contributed by atoms with Gasteiger partial charge in [-0.25, -0.2) is 0 Å². The highest BCUT2D eigenvalue weighted by Gasteiger charge is 2.12. The minimum atomic E-state index is -0.246. The zero-order valence-electron chi connectivity index (χ0n) is 18.7. The number of carbonyl (C=O) groups excluding carboxylic acids is 2. The van der Waals surface area contributed by atoms with Crippen LogP contribution in [-0.2, 0) is 4.79 Å². The number of methoxy groups -OCH3 is 1. The highest BCUT2D eigenvalue weighted by atomic mass is 16.5. The number of ether oxygens (including phenoxy) is 1. The standard InChI is InChI=1S/C26H29N3O3/c1-4-29(23-11-7-5-9-19(23)2)18-17-25(30)27-21-15-13-20(14-16-21)26(31)28-22-10-6-8-12-24(22)32-3/h5-16H,4,17-18H2,1-3H3,(H,27,30)(H,28,31).